The second kappa shape index (κ2) is 4.26. The number of nitrogens with zero attached hydrogens (tertiary/aromatic N) is 1. The molecule has 2 rings (SSSR count). The van der Waals surface area contributed by atoms with Crippen molar-refractivity contribution in [3.05, 3.63) is 35.9 Å². The lowest BCUT2D eigenvalue weighted by Gasteiger charge is -2.08. The fraction of sp³-hybridized carbons (Fsp3) is 0.333. The highest BCUT2D eigenvalue weighted by molar-refractivity contribution is 6.05. The summed E-state index contributed by atoms with van der Waals surface area (Å²) in [5.74, 6) is -0.459. The van der Waals surface area contributed by atoms with Crippen LogP contribution >= 0.6 is 0 Å². The minimum absolute atomic E-state index is 0. The Labute approximate surface area is 89.7 Å². The van der Waals surface area contributed by atoms with Crippen LogP contribution in [-0.2, 0) is 9.59 Å². The van der Waals surface area contributed by atoms with Crippen LogP contribution in [0.1, 0.15) is 25.3 Å². The van der Waals surface area contributed by atoms with Crippen LogP contribution in [0.3, 0.4) is 0 Å². The number of rotatable bonds is 1. The Kier molecular flexibility index (Phi) is 3.24. The topological polar surface area (TPSA) is 37.4 Å². The zero-order valence-electron chi connectivity index (χ0n) is 7.93. The summed E-state index contributed by atoms with van der Waals surface area (Å²) in [4.78, 5) is 24.1. The van der Waals surface area contributed by atoms with Gasteiger partial charge in [-0.1, -0.05) is 37.8 Å². The van der Waals surface area contributed by atoms with Crippen LogP contribution in [0.2, 0.25) is 0 Å². The quantitative estimate of drug-likeness (QED) is 0.655. The van der Waals surface area contributed by atoms with Crippen molar-refractivity contribution in [2.75, 3.05) is 7.05 Å². The zero-order valence-corrected chi connectivity index (χ0v) is 7.93. The second-order valence-corrected chi connectivity index (χ2v) is 3.46. The van der Waals surface area contributed by atoms with Gasteiger partial charge in [-0.3, -0.25) is 14.5 Å². The second-order valence-electron chi connectivity index (χ2n) is 3.46. The van der Waals surface area contributed by atoms with Gasteiger partial charge in [-0.2, -0.15) is 0 Å². The molecule has 1 atom stereocenters. The molecule has 1 heterocycles. The van der Waals surface area contributed by atoms with E-state index in [-0.39, 0.29) is 25.2 Å². The number of likely N-dealkylation sites (tertiary alicyclic amines) is 1. The standard InChI is InChI=1S/C11H11NO2.CH4/c1-12-10(13)7-9(11(12)14)8-5-3-2-4-6-8;/h2-6,9H,7H2,1H3;1H4. The number of hydrogen-bond acceptors (Lipinski definition) is 2. The Balaban J connectivity index is 0.00000112. The molecule has 0 bridgehead atoms. The third kappa shape index (κ3) is 1.91. The fourth-order valence-corrected chi connectivity index (χ4v) is 1.70. The van der Waals surface area contributed by atoms with Gasteiger partial charge in [0.25, 0.3) is 0 Å². The molecule has 0 radical (unpaired) electrons. The van der Waals surface area contributed by atoms with Crippen LogP contribution < -0.4 is 0 Å². The maximum Gasteiger partial charge on any atom is 0.236 e. The summed E-state index contributed by atoms with van der Waals surface area (Å²) in [7, 11) is 1.54. The number of hydrogen-bond donors (Lipinski definition) is 0. The van der Waals surface area contributed by atoms with Crippen molar-refractivity contribution >= 4 is 11.8 Å². The van der Waals surface area contributed by atoms with Crippen molar-refractivity contribution in [3.8, 4) is 0 Å². The molecule has 0 aromatic heterocycles. The largest absolute Gasteiger partial charge is 0.285 e. The Morgan fingerprint density at radius 1 is 1.20 bits per heavy atom. The van der Waals surface area contributed by atoms with Crippen molar-refractivity contribution in [2.24, 2.45) is 0 Å². The first-order valence-electron chi connectivity index (χ1n) is 4.55. The van der Waals surface area contributed by atoms with E-state index in [4.69, 9.17) is 0 Å². The van der Waals surface area contributed by atoms with Crippen molar-refractivity contribution < 1.29 is 9.59 Å². The van der Waals surface area contributed by atoms with Crippen LogP contribution in [0.25, 0.3) is 0 Å². The summed E-state index contributed by atoms with van der Waals surface area (Å²) in [6.07, 6.45) is 0.305. The van der Waals surface area contributed by atoms with Crippen molar-refractivity contribution in [1.29, 1.82) is 0 Å². The maximum absolute atomic E-state index is 11.6. The lowest BCUT2D eigenvalue weighted by atomic mass is 9.98. The van der Waals surface area contributed by atoms with Gasteiger partial charge in [0.05, 0.1) is 5.92 Å². The number of likely N-dealkylation sites (N-methyl/N-ethyl adjacent to an activating group) is 1. The molecule has 1 saturated heterocycles. The summed E-state index contributed by atoms with van der Waals surface area (Å²) in [5.41, 5.74) is 0.926. The van der Waals surface area contributed by atoms with Gasteiger partial charge in [-0.05, 0) is 5.56 Å². The van der Waals surface area contributed by atoms with Crippen LogP contribution in [0.15, 0.2) is 30.3 Å². The van der Waals surface area contributed by atoms with E-state index in [1.54, 1.807) is 0 Å². The summed E-state index contributed by atoms with van der Waals surface area (Å²) in [5, 5.41) is 0. The van der Waals surface area contributed by atoms with E-state index in [1.165, 1.54) is 11.9 Å². The van der Waals surface area contributed by atoms with Gasteiger partial charge in [0.1, 0.15) is 0 Å². The van der Waals surface area contributed by atoms with Crippen LogP contribution in [0, 0.1) is 0 Å². The fourth-order valence-electron chi connectivity index (χ4n) is 1.70. The third-order valence-electron chi connectivity index (χ3n) is 2.58. The molecule has 1 aromatic carbocycles. The Bertz CT molecular complexity index is 372. The van der Waals surface area contributed by atoms with Gasteiger partial charge >= 0.3 is 0 Å². The Hall–Kier alpha value is -1.64. The molecule has 15 heavy (non-hydrogen) atoms. The van der Waals surface area contributed by atoms with E-state index in [1.807, 2.05) is 30.3 Å². The highest BCUT2D eigenvalue weighted by Gasteiger charge is 2.36. The predicted octanol–water partition coefficient (Wildman–Crippen LogP) is 1.79. The predicted molar refractivity (Wildman–Crippen MR) is 58.3 cm³/mol. The van der Waals surface area contributed by atoms with E-state index in [2.05, 4.69) is 0 Å². The SMILES string of the molecule is C.CN1C(=O)CC(c2ccccc2)C1=O. The normalized spacial score (nSPS) is 20.3. The van der Waals surface area contributed by atoms with Gasteiger partial charge in [-0.15, -0.1) is 0 Å². The molecular weight excluding hydrogens is 190 g/mol. The van der Waals surface area contributed by atoms with E-state index >= 15 is 0 Å². The van der Waals surface area contributed by atoms with Gasteiger partial charge < -0.3 is 0 Å². The van der Waals surface area contributed by atoms with Crippen LogP contribution in [0.4, 0.5) is 0 Å². The van der Waals surface area contributed by atoms with E-state index in [0.717, 1.165) is 5.56 Å². The minimum Gasteiger partial charge on any atom is -0.285 e. The lowest BCUT2D eigenvalue weighted by Crippen LogP contribution is -2.25. The number of amides is 2. The molecule has 0 spiro atoms. The minimum atomic E-state index is -0.270. The number of imide groups is 1. The van der Waals surface area contributed by atoms with E-state index in [9.17, 15) is 9.59 Å². The average Bonchev–Trinajstić information content (AvgIpc) is 2.47. The molecule has 1 aliphatic heterocycles. The molecule has 1 fully saturated rings. The van der Waals surface area contributed by atoms with Crippen LogP contribution in [-0.4, -0.2) is 23.8 Å². The van der Waals surface area contributed by atoms with Gasteiger partial charge in [0.15, 0.2) is 0 Å². The first kappa shape index (κ1) is 11.4. The smallest absolute Gasteiger partial charge is 0.236 e. The third-order valence-corrected chi connectivity index (χ3v) is 2.58. The highest BCUT2D eigenvalue weighted by Crippen LogP contribution is 2.27. The molecule has 0 saturated carbocycles. The average molecular weight is 205 g/mol. The zero-order chi connectivity index (χ0) is 10.1. The molecular formula is C12H15NO2. The first-order chi connectivity index (χ1) is 6.70. The maximum atomic E-state index is 11.6. The van der Waals surface area contributed by atoms with E-state index in [0.29, 0.717) is 6.42 Å². The molecule has 2 amide bonds. The lowest BCUT2D eigenvalue weighted by molar-refractivity contribution is -0.137. The molecule has 0 aliphatic carbocycles. The monoisotopic (exact) mass is 205 g/mol. The van der Waals surface area contributed by atoms with Gasteiger partial charge in [0.2, 0.25) is 11.8 Å². The Morgan fingerprint density at radius 3 is 2.27 bits per heavy atom. The van der Waals surface area contributed by atoms with Crippen molar-refractivity contribution in [3.63, 3.8) is 0 Å². The highest BCUT2D eigenvalue weighted by atomic mass is 16.2. The molecule has 1 unspecified atom stereocenters. The molecule has 1 aliphatic rings. The van der Waals surface area contributed by atoms with E-state index < -0.39 is 0 Å². The summed E-state index contributed by atoms with van der Waals surface area (Å²) < 4.78 is 0. The Morgan fingerprint density at radius 2 is 1.80 bits per heavy atom. The number of benzene rings is 1. The molecule has 3 nitrogen and oxygen atoms in total. The summed E-state index contributed by atoms with van der Waals surface area (Å²) in [6.45, 7) is 0. The van der Waals surface area contributed by atoms with Gasteiger partial charge in [-0.25, -0.2) is 0 Å². The van der Waals surface area contributed by atoms with Crippen molar-refractivity contribution in [2.45, 2.75) is 19.8 Å². The van der Waals surface area contributed by atoms with Crippen molar-refractivity contribution in [1.82, 2.24) is 4.90 Å². The summed E-state index contributed by atoms with van der Waals surface area (Å²) in [6, 6.07) is 9.43. The number of carbonyl (C=O) groups is 2. The molecule has 1 aromatic rings. The van der Waals surface area contributed by atoms with Crippen LogP contribution in [0.5, 0.6) is 0 Å². The number of carbonyl (C=O) groups excluding carboxylic acids is 2. The molecule has 3 heteroatoms. The molecule has 0 N–H and O–H groups in total. The first-order valence-corrected chi connectivity index (χ1v) is 4.55. The summed E-state index contributed by atoms with van der Waals surface area (Å²) >= 11 is 0. The van der Waals surface area contributed by atoms with Gasteiger partial charge in [0, 0.05) is 13.5 Å². The molecule has 80 valence electrons.